The van der Waals surface area contributed by atoms with Crippen LogP contribution in [0.25, 0.3) is 0 Å². The minimum absolute atomic E-state index is 0. The van der Waals surface area contributed by atoms with Crippen molar-refractivity contribution in [2.45, 2.75) is 112 Å². The lowest BCUT2D eigenvalue weighted by Gasteiger charge is -2.59. The van der Waals surface area contributed by atoms with Crippen LogP contribution in [0.3, 0.4) is 0 Å². The Morgan fingerprint density at radius 2 is 1.68 bits per heavy atom. The summed E-state index contributed by atoms with van der Waals surface area (Å²) in [6, 6.07) is 0. The van der Waals surface area contributed by atoms with Crippen LogP contribution in [0, 0.1) is 40.4 Å². The van der Waals surface area contributed by atoms with Gasteiger partial charge in [0.2, 0.25) is 0 Å². The molecule has 7 aliphatic carbocycles. The first-order valence-electron chi connectivity index (χ1n) is 14.4. The molecule has 0 aromatic rings. The molecule has 7 fully saturated rings. The van der Waals surface area contributed by atoms with Gasteiger partial charge < -0.3 is 14.7 Å². The number of carbonyl (C=O) groups excluding carboxylic acids is 1. The van der Waals surface area contributed by atoms with Crippen LogP contribution >= 0.6 is 0 Å². The first-order valence-corrected chi connectivity index (χ1v) is 14.4. The lowest BCUT2D eigenvalue weighted by molar-refractivity contribution is -0.231. The van der Waals surface area contributed by atoms with Gasteiger partial charge in [-0.15, -0.1) is 0 Å². The van der Waals surface area contributed by atoms with Crippen molar-refractivity contribution in [2.24, 2.45) is 40.4 Å². The summed E-state index contributed by atoms with van der Waals surface area (Å²) in [4.78, 5) is 12.5. The van der Waals surface area contributed by atoms with Crippen molar-refractivity contribution < 1.29 is 24.8 Å². The number of aliphatic hydroxyl groups is 1. The molecule has 5 heteroatoms. The highest BCUT2D eigenvalue weighted by molar-refractivity contribution is 5.64. The van der Waals surface area contributed by atoms with Crippen molar-refractivity contribution in [3.05, 3.63) is 36.0 Å². The van der Waals surface area contributed by atoms with Crippen molar-refractivity contribution in [1.82, 2.24) is 0 Å². The van der Waals surface area contributed by atoms with E-state index < -0.39 is 5.97 Å². The zero-order chi connectivity index (χ0) is 27.6. The first-order chi connectivity index (χ1) is 17.3. The van der Waals surface area contributed by atoms with Crippen molar-refractivity contribution in [3.8, 4) is 0 Å². The van der Waals surface area contributed by atoms with Gasteiger partial charge in [-0.05, 0) is 111 Å². The smallest absolute Gasteiger partial charge is 0.339 e. The van der Waals surface area contributed by atoms with Crippen molar-refractivity contribution >= 4 is 5.97 Å². The fraction of sp³-hybridized carbons (Fsp3) is 0.788. The Balaban J connectivity index is 0.000000182. The third-order valence-electron chi connectivity index (χ3n) is 10.8. The summed E-state index contributed by atoms with van der Waals surface area (Å²) in [6.07, 6.45) is 13.8. The quantitative estimate of drug-likeness (QED) is 0.162. The summed E-state index contributed by atoms with van der Waals surface area (Å²) < 4.78 is 5.62. The number of epoxide rings is 1. The molecule has 4 bridgehead atoms. The molecule has 1 heterocycles. The monoisotopic (exact) mass is 532 g/mol. The Morgan fingerprint density at radius 1 is 1.08 bits per heavy atom. The second-order valence-electron chi connectivity index (χ2n) is 13.6. The maximum Gasteiger partial charge on any atom is 0.339 e. The lowest BCUT2D eigenvalue weighted by Crippen LogP contribution is -2.56. The van der Waals surface area contributed by atoms with E-state index in [2.05, 4.69) is 58.7 Å². The molecule has 8 aliphatic rings. The first kappa shape index (κ1) is 32.8. The van der Waals surface area contributed by atoms with E-state index in [1.54, 1.807) is 0 Å². The van der Waals surface area contributed by atoms with E-state index in [1.807, 2.05) is 0 Å². The highest BCUT2D eigenvalue weighted by Gasteiger charge is 2.67. The average Bonchev–Trinajstić information content (AvgIpc) is 3.62. The molecule has 0 aromatic carbocycles. The van der Waals surface area contributed by atoms with Gasteiger partial charge in [-0.3, -0.25) is 0 Å². The number of hydrogen-bond acceptors (Lipinski definition) is 5. The fourth-order valence-corrected chi connectivity index (χ4v) is 7.64. The van der Waals surface area contributed by atoms with Gasteiger partial charge in [-0.25, -0.2) is 4.79 Å². The predicted molar refractivity (Wildman–Crippen MR) is 155 cm³/mol. The highest BCUT2D eigenvalue weighted by Crippen LogP contribution is 2.67. The van der Waals surface area contributed by atoms with Gasteiger partial charge in [0.15, 0.2) is 0 Å². The third kappa shape index (κ3) is 7.01. The Morgan fingerprint density at radius 3 is 1.97 bits per heavy atom. The van der Waals surface area contributed by atoms with Crippen LogP contribution in [-0.2, 0) is 14.4 Å². The van der Waals surface area contributed by atoms with Crippen LogP contribution in [-0.4, -0.2) is 35.1 Å². The molecule has 0 amide bonds. The van der Waals surface area contributed by atoms with Gasteiger partial charge in [0.1, 0.15) is 0 Å². The standard InChI is InChI=1S/2C10H16O.C10H16.C2H4O3.CH4/c1-9(2)7-3-4-10(6-11-10)8(9)5-7;1-8(2)10-5-3-9(7-11)4-6-10;1-7-4-5-8-6-9(7)10(8,2)3;1-2(3)5-4;/h7-8H,3-6H2,1-2H3;3,10-11H,1,4-7H2,2H3;8-9H,1,4-6H2,2-3H3;4H,1H3;1H4/t7-,8+,10?;10-;8-,9-;;/m010../s1. The summed E-state index contributed by atoms with van der Waals surface area (Å²) in [5, 5.41) is 16.1. The van der Waals surface area contributed by atoms with Gasteiger partial charge in [-0.2, -0.15) is 5.26 Å². The molecule has 1 unspecified atom stereocenters. The topological polar surface area (TPSA) is 79.3 Å². The summed E-state index contributed by atoms with van der Waals surface area (Å²) in [7, 11) is 0. The van der Waals surface area contributed by atoms with Gasteiger partial charge in [-0.1, -0.05) is 65.5 Å². The maximum absolute atomic E-state index is 9.34. The fourth-order valence-electron chi connectivity index (χ4n) is 7.64. The minimum Gasteiger partial charge on any atom is -0.392 e. The molecular formula is C33H56O5. The Hall–Kier alpha value is -1.43. The number of allylic oxidation sites excluding steroid dienone is 3. The molecule has 0 radical (unpaired) electrons. The van der Waals surface area contributed by atoms with E-state index in [-0.39, 0.29) is 14.0 Å². The SMILES string of the molecule is C.C=C(C)[C@@H]1CC=C(CO)CC1.C=C1CC[C@H]2C[C@@H]1C2(C)C.CC(=O)OO.CC1(C)[C@H]2CCC3(CO3)[C@@H]1C2. The zero-order valence-corrected chi connectivity index (χ0v) is 24.3. The Labute approximate surface area is 232 Å². The molecule has 6 atom stereocenters. The number of carbonyl (C=O) groups is 1. The van der Waals surface area contributed by atoms with Gasteiger partial charge in [0.05, 0.1) is 18.8 Å². The van der Waals surface area contributed by atoms with Crippen LogP contribution in [0.5, 0.6) is 0 Å². The molecule has 6 saturated carbocycles. The van der Waals surface area contributed by atoms with E-state index in [0.717, 1.165) is 50.0 Å². The molecule has 1 spiro atoms. The van der Waals surface area contributed by atoms with Crippen LogP contribution in [0.15, 0.2) is 36.0 Å². The number of fused-ring (bicyclic) bond motifs is 3. The average molecular weight is 533 g/mol. The molecule has 218 valence electrons. The maximum atomic E-state index is 9.34. The van der Waals surface area contributed by atoms with Crippen LogP contribution in [0.2, 0.25) is 0 Å². The second-order valence-corrected chi connectivity index (χ2v) is 13.6. The molecule has 1 aliphatic heterocycles. The molecular weight excluding hydrogens is 476 g/mol. The van der Waals surface area contributed by atoms with E-state index in [9.17, 15) is 4.79 Å². The predicted octanol–water partition coefficient (Wildman–Crippen LogP) is 8.15. The molecule has 38 heavy (non-hydrogen) atoms. The van der Waals surface area contributed by atoms with Crippen molar-refractivity contribution in [2.75, 3.05) is 13.2 Å². The largest absolute Gasteiger partial charge is 0.392 e. The van der Waals surface area contributed by atoms with E-state index in [4.69, 9.17) is 15.1 Å². The minimum atomic E-state index is -0.690. The van der Waals surface area contributed by atoms with E-state index >= 15 is 0 Å². The number of aliphatic hydroxyl groups excluding tert-OH is 1. The lowest BCUT2D eigenvalue weighted by atomic mass is 9.45. The van der Waals surface area contributed by atoms with Crippen LogP contribution in [0.4, 0.5) is 0 Å². The molecule has 0 aromatic heterocycles. The molecule has 1 saturated heterocycles. The molecule has 2 N–H and O–H groups in total. The normalized spacial score (nSPS) is 35.8. The number of hydrogen-bond donors (Lipinski definition) is 2. The second kappa shape index (κ2) is 12.8. The summed E-state index contributed by atoms with van der Waals surface area (Å²) >= 11 is 0. The molecule has 5 nitrogen and oxygen atoms in total. The van der Waals surface area contributed by atoms with Crippen molar-refractivity contribution in [1.29, 1.82) is 0 Å². The third-order valence-corrected chi connectivity index (χ3v) is 10.8. The van der Waals surface area contributed by atoms with E-state index in [1.165, 1.54) is 61.7 Å². The number of rotatable bonds is 2. The van der Waals surface area contributed by atoms with E-state index in [0.29, 0.717) is 22.3 Å². The highest BCUT2D eigenvalue weighted by atomic mass is 17.1. The summed E-state index contributed by atoms with van der Waals surface area (Å²) in [6.45, 7) is 22.2. The van der Waals surface area contributed by atoms with Crippen molar-refractivity contribution in [3.63, 3.8) is 0 Å². The zero-order valence-electron chi connectivity index (χ0n) is 24.3. The molecule has 8 rings (SSSR count). The van der Waals surface area contributed by atoms with Gasteiger partial charge in [0, 0.05) is 6.92 Å². The number of ether oxygens (including phenoxy) is 1. The Kier molecular flexibility index (Phi) is 11.1. The van der Waals surface area contributed by atoms with Crippen LogP contribution in [0.1, 0.15) is 107 Å². The van der Waals surface area contributed by atoms with Crippen LogP contribution < -0.4 is 0 Å². The summed E-state index contributed by atoms with van der Waals surface area (Å²) in [5.74, 6) is 3.76. The Bertz CT molecular complexity index is 872. The van der Waals surface area contributed by atoms with Gasteiger partial charge >= 0.3 is 5.97 Å². The van der Waals surface area contributed by atoms with Gasteiger partial charge in [0.25, 0.3) is 0 Å². The summed E-state index contributed by atoms with van der Waals surface area (Å²) in [5.41, 5.74) is 5.59.